The summed E-state index contributed by atoms with van der Waals surface area (Å²) in [6.07, 6.45) is 3.32. The molecule has 7 nitrogen and oxygen atoms in total. The highest BCUT2D eigenvalue weighted by Gasteiger charge is 2.24. The monoisotopic (exact) mass is 367 g/mol. The second-order valence-corrected chi connectivity index (χ2v) is 5.78. The van der Waals surface area contributed by atoms with Crippen LogP contribution in [0.3, 0.4) is 0 Å². The van der Waals surface area contributed by atoms with Crippen molar-refractivity contribution in [2.75, 3.05) is 19.9 Å². The van der Waals surface area contributed by atoms with Gasteiger partial charge >= 0.3 is 11.8 Å². The second kappa shape index (κ2) is 6.35. The zero-order chi connectivity index (χ0) is 15.5. The maximum Gasteiger partial charge on any atom is 0.329 e. The van der Waals surface area contributed by atoms with Crippen molar-refractivity contribution in [3.63, 3.8) is 0 Å². The predicted molar refractivity (Wildman–Crippen MR) is 81.8 cm³/mol. The zero-order valence-electron chi connectivity index (χ0n) is 11.7. The number of halogens is 1. The van der Waals surface area contributed by atoms with Crippen LogP contribution in [0.1, 0.15) is 18.4 Å². The third-order valence-corrected chi connectivity index (χ3v) is 4.14. The molecule has 116 valence electrons. The number of hydrogen-bond acceptors (Lipinski definition) is 5. The number of amides is 2. The summed E-state index contributed by atoms with van der Waals surface area (Å²) >= 11 is 3.39. The number of hydrazone groups is 1. The molecule has 2 aliphatic heterocycles. The van der Waals surface area contributed by atoms with E-state index in [0.717, 1.165) is 17.3 Å². The van der Waals surface area contributed by atoms with Crippen molar-refractivity contribution in [1.29, 1.82) is 0 Å². The predicted octanol–water partition coefficient (Wildman–Crippen LogP) is 1.25. The summed E-state index contributed by atoms with van der Waals surface area (Å²) in [6.45, 7) is 1.44. The lowest BCUT2D eigenvalue weighted by atomic mass is 10.2. The Bertz CT molecular complexity index is 641. The van der Waals surface area contributed by atoms with Crippen LogP contribution in [0.25, 0.3) is 0 Å². The Morgan fingerprint density at radius 1 is 1.23 bits per heavy atom. The first-order valence-corrected chi connectivity index (χ1v) is 7.66. The van der Waals surface area contributed by atoms with Gasteiger partial charge in [-0.3, -0.25) is 9.59 Å². The van der Waals surface area contributed by atoms with Crippen LogP contribution in [0, 0.1) is 0 Å². The average Bonchev–Trinajstić information content (AvgIpc) is 3.17. The number of nitrogens with zero attached hydrogens (tertiary/aromatic N) is 2. The van der Waals surface area contributed by atoms with Crippen molar-refractivity contribution in [1.82, 2.24) is 10.3 Å². The fourth-order valence-electron chi connectivity index (χ4n) is 2.30. The van der Waals surface area contributed by atoms with Crippen LogP contribution < -0.4 is 14.9 Å². The van der Waals surface area contributed by atoms with Crippen LogP contribution in [0.2, 0.25) is 0 Å². The number of carbonyl (C=O) groups is 2. The van der Waals surface area contributed by atoms with Gasteiger partial charge in [-0.2, -0.15) is 5.10 Å². The van der Waals surface area contributed by atoms with E-state index < -0.39 is 11.8 Å². The van der Waals surface area contributed by atoms with Crippen molar-refractivity contribution < 1.29 is 19.1 Å². The first kappa shape index (κ1) is 14.8. The highest BCUT2D eigenvalue weighted by atomic mass is 79.9. The van der Waals surface area contributed by atoms with Crippen LogP contribution in [0.5, 0.6) is 11.5 Å². The van der Waals surface area contributed by atoms with E-state index >= 15 is 0 Å². The fraction of sp³-hybridized carbons (Fsp3) is 0.357. The van der Waals surface area contributed by atoms with Gasteiger partial charge in [0, 0.05) is 23.1 Å². The molecule has 0 aliphatic carbocycles. The third-order valence-electron chi connectivity index (χ3n) is 3.45. The van der Waals surface area contributed by atoms with Crippen molar-refractivity contribution >= 4 is 34.0 Å². The lowest BCUT2D eigenvalue weighted by molar-refractivity contribution is -0.145. The Morgan fingerprint density at radius 2 is 1.91 bits per heavy atom. The van der Waals surface area contributed by atoms with Crippen molar-refractivity contribution in [3.8, 4) is 11.5 Å². The molecule has 2 amide bonds. The molecule has 22 heavy (non-hydrogen) atoms. The topological polar surface area (TPSA) is 80.2 Å². The summed E-state index contributed by atoms with van der Waals surface area (Å²) in [5.74, 6) is -0.00388. The number of hydrogen-bond donors (Lipinski definition) is 1. The maximum absolute atomic E-state index is 11.8. The van der Waals surface area contributed by atoms with E-state index in [0.29, 0.717) is 30.2 Å². The summed E-state index contributed by atoms with van der Waals surface area (Å²) in [5, 5.41) is 3.82. The van der Waals surface area contributed by atoms with Crippen LogP contribution in [-0.2, 0) is 9.59 Å². The van der Waals surface area contributed by atoms with E-state index in [1.54, 1.807) is 12.1 Å². The normalized spacial score (nSPS) is 16.3. The molecule has 0 unspecified atom stereocenters. The number of rotatable bonds is 2. The Kier molecular flexibility index (Phi) is 4.28. The van der Waals surface area contributed by atoms with E-state index in [-0.39, 0.29) is 6.79 Å². The van der Waals surface area contributed by atoms with Crippen LogP contribution >= 0.6 is 15.9 Å². The first-order valence-electron chi connectivity index (χ1n) is 6.86. The smallest absolute Gasteiger partial charge is 0.329 e. The van der Waals surface area contributed by atoms with Gasteiger partial charge in [0.2, 0.25) is 6.79 Å². The average molecular weight is 368 g/mol. The minimum Gasteiger partial charge on any atom is -0.454 e. The molecule has 0 saturated carbocycles. The molecule has 2 aliphatic rings. The fourth-order valence-corrected chi connectivity index (χ4v) is 2.73. The molecular weight excluding hydrogens is 354 g/mol. The molecule has 1 fully saturated rings. The summed E-state index contributed by atoms with van der Waals surface area (Å²) in [4.78, 5) is 25.1. The van der Waals surface area contributed by atoms with Crippen molar-refractivity contribution in [2.45, 2.75) is 12.8 Å². The minimum absolute atomic E-state index is 0.184. The van der Waals surface area contributed by atoms with Crippen molar-refractivity contribution in [3.05, 3.63) is 22.2 Å². The lowest BCUT2D eigenvalue weighted by Crippen LogP contribution is -2.39. The summed E-state index contributed by atoms with van der Waals surface area (Å²) in [5.41, 5.74) is 2.96. The highest BCUT2D eigenvalue weighted by molar-refractivity contribution is 9.10. The van der Waals surface area contributed by atoms with Gasteiger partial charge in [-0.15, -0.1) is 0 Å². The number of likely N-dealkylation sites (tertiary alicyclic amines) is 1. The Labute approximate surface area is 135 Å². The van der Waals surface area contributed by atoms with Gasteiger partial charge in [-0.05, 0) is 40.9 Å². The second-order valence-electron chi connectivity index (χ2n) is 4.93. The van der Waals surface area contributed by atoms with Gasteiger partial charge in [-0.25, -0.2) is 5.43 Å². The van der Waals surface area contributed by atoms with E-state index in [2.05, 4.69) is 26.5 Å². The molecule has 2 heterocycles. The van der Waals surface area contributed by atoms with Gasteiger partial charge in [0.05, 0.1) is 6.21 Å². The van der Waals surface area contributed by atoms with Gasteiger partial charge in [0.15, 0.2) is 11.5 Å². The number of carbonyl (C=O) groups excluding carboxylic acids is 2. The quantitative estimate of drug-likeness (QED) is 0.484. The number of ether oxygens (including phenoxy) is 2. The Hall–Kier alpha value is -2.09. The largest absolute Gasteiger partial charge is 0.454 e. The molecule has 0 aromatic heterocycles. The molecule has 0 bridgehead atoms. The highest BCUT2D eigenvalue weighted by Crippen LogP contribution is 2.36. The number of benzene rings is 1. The number of nitrogens with one attached hydrogen (secondary N) is 1. The molecule has 8 heteroatoms. The van der Waals surface area contributed by atoms with E-state index in [9.17, 15) is 9.59 Å². The van der Waals surface area contributed by atoms with Crippen LogP contribution in [0.4, 0.5) is 0 Å². The van der Waals surface area contributed by atoms with E-state index in [1.807, 2.05) is 0 Å². The molecule has 1 aromatic rings. The summed E-state index contributed by atoms with van der Waals surface area (Å²) in [7, 11) is 0. The van der Waals surface area contributed by atoms with Gasteiger partial charge in [0.1, 0.15) is 0 Å². The molecule has 1 aromatic carbocycles. The maximum atomic E-state index is 11.8. The standard InChI is InChI=1S/C14H14BrN3O4/c15-10-6-12-11(21-8-22-12)5-9(10)7-16-17-13(19)14(20)18-3-1-2-4-18/h5-7H,1-4,8H2,(H,17,19)/b16-7-. The molecule has 0 radical (unpaired) electrons. The van der Waals surface area contributed by atoms with Gasteiger partial charge in [-0.1, -0.05) is 0 Å². The lowest BCUT2D eigenvalue weighted by Gasteiger charge is -2.12. The summed E-state index contributed by atoms with van der Waals surface area (Å²) < 4.78 is 11.3. The van der Waals surface area contributed by atoms with Gasteiger partial charge in [0.25, 0.3) is 0 Å². The van der Waals surface area contributed by atoms with Crippen molar-refractivity contribution in [2.24, 2.45) is 5.10 Å². The molecule has 3 rings (SSSR count). The van der Waals surface area contributed by atoms with E-state index in [4.69, 9.17) is 9.47 Å². The Balaban J connectivity index is 1.62. The molecule has 0 spiro atoms. The van der Waals surface area contributed by atoms with Crippen LogP contribution in [0.15, 0.2) is 21.7 Å². The number of fused-ring (bicyclic) bond motifs is 1. The van der Waals surface area contributed by atoms with Gasteiger partial charge < -0.3 is 14.4 Å². The molecule has 1 saturated heterocycles. The van der Waals surface area contributed by atoms with E-state index in [1.165, 1.54) is 11.1 Å². The first-order chi connectivity index (χ1) is 10.6. The molecular formula is C14H14BrN3O4. The van der Waals surface area contributed by atoms with Crippen LogP contribution in [-0.4, -0.2) is 42.8 Å². The Morgan fingerprint density at radius 3 is 2.64 bits per heavy atom. The molecule has 0 atom stereocenters. The zero-order valence-corrected chi connectivity index (χ0v) is 13.3. The third kappa shape index (κ3) is 3.06. The summed E-state index contributed by atoms with van der Waals surface area (Å²) in [6, 6.07) is 3.51. The SMILES string of the molecule is O=C(N/N=C\c1cc2c(cc1Br)OCO2)C(=O)N1CCCC1. The molecule has 1 N–H and O–H groups in total. The minimum atomic E-state index is -0.727.